The summed E-state index contributed by atoms with van der Waals surface area (Å²) in [6.07, 6.45) is 0.899. The Bertz CT molecular complexity index is 393. The fourth-order valence-corrected chi connectivity index (χ4v) is 2.03. The molecule has 0 aromatic heterocycles. The Morgan fingerprint density at radius 2 is 2.18 bits per heavy atom. The van der Waals surface area contributed by atoms with E-state index in [2.05, 4.69) is 12.2 Å². The van der Waals surface area contributed by atoms with Crippen molar-refractivity contribution in [3.63, 3.8) is 0 Å². The minimum Gasteiger partial charge on any atom is -0.352 e. The van der Waals surface area contributed by atoms with E-state index in [0.29, 0.717) is 28.9 Å². The number of nitrogens with one attached hydrogen (secondary N) is 1. The average molecular weight is 274 g/mol. The van der Waals surface area contributed by atoms with Gasteiger partial charge >= 0.3 is 0 Å². The van der Waals surface area contributed by atoms with Crippen LogP contribution in [0.2, 0.25) is 5.02 Å². The summed E-state index contributed by atoms with van der Waals surface area (Å²) in [6.45, 7) is 4.60. The number of carbonyl (C=O) groups excluding carboxylic acids is 1. The van der Waals surface area contributed by atoms with Gasteiger partial charge in [0.25, 0.3) is 5.91 Å². The van der Waals surface area contributed by atoms with Crippen LogP contribution in [0.25, 0.3) is 0 Å². The van der Waals surface area contributed by atoms with Gasteiger partial charge in [-0.15, -0.1) is 11.6 Å². The molecule has 94 valence electrons. The molecule has 0 saturated carbocycles. The number of rotatable bonds is 5. The van der Waals surface area contributed by atoms with Crippen LogP contribution in [0.15, 0.2) is 18.2 Å². The fraction of sp³-hybridized carbons (Fsp3) is 0.462. The van der Waals surface area contributed by atoms with Crippen LogP contribution >= 0.6 is 23.2 Å². The third kappa shape index (κ3) is 4.57. The van der Waals surface area contributed by atoms with E-state index in [1.54, 1.807) is 12.1 Å². The molecule has 4 heteroatoms. The lowest BCUT2D eigenvalue weighted by molar-refractivity contribution is 0.0947. The van der Waals surface area contributed by atoms with E-state index in [0.717, 1.165) is 12.0 Å². The van der Waals surface area contributed by atoms with Gasteiger partial charge in [-0.05, 0) is 37.0 Å². The van der Waals surface area contributed by atoms with E-state index in [-0.39, 0.29) is 5.91 Å². The summed E-state index contributed by atoms with van der Waals surface area (Å²) >= 11 is 11.5. The number of hydrogen-bond donors (Lipinski definition) is 1. The maximum Gasteiger partial charge on any atom is 0.251 e. The largest absolute Gasteiger partial charge is 0.352 e. The van der Waals surface area contributed by atoms with Gasteiger partial charge in [0.05, 0.1) is 0 Å². The Labute approximate surface area is 112 Å². The van der Waals surface area contributed by atoms with Crippen molar-refractivity contribution in [1.82, 2.24) is 5.32 Å². The number of benzene rings is 1. The lowest BCUT2D eigenvalue weighted by Crippen LogP contribution is -2.29. The first-order chi connectivity index (χ1) is 8.04. The normalized spacial score (nSPS) is 12.2. The van der Waals surface area contributed by atoms with Gasteiger partial charge in [-0.25, -0.2) is 0 Å². The molecule has 0 spiro atoms. The first-order valence-electron chi connectivity index (χ1n) is 5.65. The van der Waals surface area contributed by atoms with Gasteiger partial charge < -0.3 is 5.32 Å². The molecule has 0 bridgehead atoms. The van der Waals surface area contributed by atoms with Crippen molar-refractivity contribution in [2.75, 3.05) is 12.4 Å². The fourth-order valence-electron chi connectivity index (χ4n) is 1.49. The van der Waals surface area contributed by atoms with Crippen LogP contribution < -0.4 is 5.32 Å². The lowest BCUT2D eigenvalue weighted by atomic mass is 10.1. The van der Waals surface area contributed by atoms with Crippen LogP contribution in [0.3, 0.4) is 0 Å². The molecule has 0 aliphatic rings. The zero-order chi connectivity index (χ0) is 12.8. The molecular weight excluding hydrogens is 257 g/mol. The highest BCUT2D eigenvalue weighted by molar-refractivity contribution is 6.31. The zero-order valence-corrected chi connectivity index (χ0v) is 11.6. The van der Waals surface area contributed by atoms with Crippen LogP contribution in [0.4, 0.5) is 0 Å². The van der Waals surface area contributed by atoms with Gasteiger partial charge in [-0.3, -0.25) is 4.79 Å². The molecular formula is C13H17Cl2NO. The lowest BCUT2D eigenvalue weighted by Gasteiger charge is -2.12. The quantitative estimate of drug-likeness (QED) is 0.816. The van der Waals surface area contributed by atoms with Crippen molar-refractivity contribution in [3.8, 4) is 0 Å². The minimum atomic E-state index is -0.0774. The molecule has 1 atom stereocenters. The molecule has 1 aromatic rings. The van der Waals surface area contributed by atoms with Crippen molar-refractivity contribution in [3.05, 3.63) is 34.3 Å². The van der Waals surface area contributed by atoms with E-state index in [4.69, 9.17) is 23.2 Å². The number of aryl methyl sites for hydroxylation is 1. The maximum absolute atomic E-state index is 11.9. The van der Waals surface area contributed by atoms with Gasteiger partial charge in [0, 0.05) is 23.0 Å². The Balaban J connectivity index is 2.61. The monoisotopic (exact) mass is 273 g/mol. The zero-order valence-electron chi connectivity index (χ0n) is 10.1. The van der Waals surface area contributed by atoms with Gasteiger partial charge in [0.2, 0.25) is 0 Å². The first kappa shape index (κ1) is 14.3. The van der Waals surface area contributed by atoms with Crippen molar-refractivity contribution >= 4 is 29.1 Å². The van der Waals surface area contributed by atoms with Crippen molar-refractivity contribution in [2.24, 2.45) is 5.92 Å². The average Bonchev–Trinajstić information content (AvgIpc) is 2.29. The summed E-state index contributed by atoms with van der Waals surface area (Å²) in [6, 6.07) is 5.32. The third-order valence-corrected chi connectivity index (χ3v) is 3.11. The first-order valence-corrected chi connectivity index (χ1v) is 6.56. The molecule has 1 rings (SSSR count). The van der Waals surface area contributed by atoms with E-state index >= 15 is 0 Å². The molecule has 0 fully saturated rings. The predicted molar refractivity (Wildman–Crippen MR) is 73.0 cm³/mol. The minimum absolute atomic E-state index is 0.0774. The summed E-state index contributed by atoms with van der Waals surface area (Å²) in [5, 5.41) is 3.47. The highest BCUT2D eigenvalue weighted by Gasteiger charge is 2.10. The van der Waals surface area contributed by atoms with Gasteiger partial charge in [-0.1, -0.05) is 24.6 Å². The number of hydrogen-bond acceptors (Lipinski definition) is 1. The molecule has 1 amide bonds. The van der Waals surface area contributed by atoms with Crippen LogP contribution in [0.5, 0.6) is 0 Å². The number of alkyl halides is 1. The second-order valence-corrected chi connectivity index (χ2v) is 5.07. The topological polar surface area (TPSA) is 29.1 Å². The van der Waals surface area contributed by atoms with E-state index < -0.39 is 0 Å². The molecule has 1 N–H and O–H groups in total. The molecule has 0 aliphatic carbocycles. The second kappa shape index (κ2) is 6.87. The SMILES string of the molecule is Cc1ccc(Cl)cc1C(=O)NCC(C)CCCl. The summed E-state index contributed by atoms with van der Waals surface area (Å²) in [5.41, 5.74) is 1.56. The number of amides is 1. The maximum atomic E-state index is 11.9. The standard InChI is InChI=1S/C13H17Cl2NO/c1-9(5-6-14)8-16-13(17)12-7-11(15)4-3-10(12)2/h3-4,7,9H,5-6,8H2,1-2H3,(H,16,17). The highest BCUT2D eigenvalue weighted by Crippen LogP contribution is 2.15. The van der Waals surface area contributed by atoms with Crippen LogP contribution in [0, 0.1) is 12.8 Å². The molecule has 0 radical (unpaired) electrons. The highest BCUT2D eigenvalue weighted by atomic mass is 35.5. The van der Waals surface area contributed by atoms with Crippen molar-refractivity contribution in [1.29, 1.82) is 0 Å². The third-order valence-electron chi connectivity index (χ3n) is 2.66. The number of carbonyl (C=O) groups is 1. The summed E-state index contributed by atoms with van der Waals surface area (Å²) in [5.74, 6) is 0.926. The van der Waals surface area contributed by atoms with Crippen LogP contribution in [-0.4, -0.2) is 18.3 Å². The Morgan fingerprint density at radius 3 is 2.82 bits per heavy atom. The Morgan fingerprint density at radius 1 is 1.47 bits per heavy atom. The Kier molecular flexibility index (Phi) is 5.79. The molecule has 17 heavy (non-hydrogen) atoms. The van der Waals surface area contributed by atoms with E-state index in [1.807, 2.05) is 13.0 Å². The summed E-state index contributed by atoms with van der Waals surface area (Å²) in [4.78, 5) is 11.9. The Hall–Kier alpha value is -0.730. The van der Waals surface area contributed by atoms with Crippen LogP contribution in [-0.2, 0) is 0 Å². The summed E-state index contributed by atoms with van der Waals surface area (Å²) in [7, 11) is 0. The number of halogens is 2. The second-order valence-electron chi connectivity index (χ2n) is 4.25. The van der Waals surface area contributed by atoms with Gasteiger partial charge in [0.15, 0.2) is 0 Å². The smallest absolute Gasteiger partial charge is 0.251 e. The predicted octanol–water partition coefficient (Wildman–Crippen LogP) is 3.64. The molecule has 2 nitrogen and oxygen atoms in total. The van der Waals surface area contributed by atoms with Gasteiger partial charge in [0.1, 0.15) is 0 Å². The van der Waals surface area contributed by atoms with Crippen molar-refractivity contribution < 1.29 is 4.79 Å². The molecule has 1 unspecified atom stereocenters. The van der Waals surface area contributed by atoms with Gasteiger partial charge in [-0.2, -0.15) is 0 Å². The molecule has 1 aromatic carbocycles. The summed E-state index contributed by atoms with van der Waals surface area (Å²) < 4.78 is 0. The van der Waals surface area contributed by atoms with E-state index in [1.165, 1.54) is 0 Å². The molecule has 0 heterocycles. The molecule has 0 aliphatic heterocycles. The van der Waals surface area contributed by atoms with Crippen LogP contribution in [0.1, 0.15) is 29.3 Å². The molecule has 0 saturated heterocycles. The van der Waals surface area contributed by atoms with Crippen molar-refractivity contribution in [2.45, 2.75) is 20.3 Å². The van der Waals surface area contributed by atoms with E-state index in [9.17, 15) is 4.79 Å².